The van der Waals surface area contributed by atoms with Gasteiger partial charge in [0.05, 0.1) is 27.9 Å². The monoisotopic (exact) mass is 410 g/mol. The minimum absolute atomic E-state index is 0.0140. The van der Waals surface area contributed by atoms with Crippen molar-refractivity contribution in [3.05, 3.63) is 40.7 Å². The van der Waals surface area contributed by atoms with E-state index in [1.165, 1.54) is 0 Å². The Bertz CT molecular complexity index is 942. The smallest absolute Gasteiger partial charge is 0.276 e. The predicted octanol–water partition coefficient (Wildman–Crippen LogP) is 2.66. The number of carbonyl (C=O) groups excluding carboxylic acids is 1. The molecule has 1 aliphatic rings. The summed E-state index contributed by atoms with van der Waals surface area (Å²) in [4.78, 5) is 14.8. The summed E-state index contributed by atoms with van der Waals surface area (Å²) < 4.78 is 25.3. The van der Waals surface area contributed by atoms with Crippen LogP contribution in [0.5, 0.6) is 0 Å². The standard InChI is InChI=1S/C18H23ClN4O3S/c1-3-4-10-22(14-9-11-27(25,26)12-14)18(24)17-13(2)23(21-20-17)16-8-6-5-7-15(16)19/h5-8,14H,3-4,9-12H2,1-2H3. The molecule has 3 rings (SSSR count). The van der Waals surface area contributed by atoms with E-state index < -0.39 is 9.84 Å². The van der Waals surface area contributed by atoms with Crippen LogP contribution < -0.4 is 0 Å². The van der Waals surface area contributed by atoms with Crippen LogP contribution in [0.2, 0.25) is 5.02 Å². The number of benzene rings is 1. The predicted molar refractivity (Wildman–Crippen MR) is 104 cm³/mol. The highest BCUT2D eigenvalue weighted by Gasteiger charge is 2.36. The summed E-state index contributed by atoms with van der Waals surface area (Å²) in [5.74, 6) is -0.139. The van der Waals surface area contributed by atoms with Crippen molar-refractivity contribution in [3.63, 3.8) is 0 Å². The van der Waals surface area contributed by atoms with Crippen molar-refractivity contribution in [3.8, 4) is 5.69 Å². The van der Waals surface area contributed by atoms with E-state index in [1.807, 2.05) is 19.1 Å². The lowest BCUT2D eigenvalue weighted by Gasteiger charge is -2.27. The number of halogens is 1. The molecule has 0 spiro atoms. The van der Waals surface area contributed by atoms with E-state index in [0.29, 0.717) is 29.4 Å². The van der Waals surface area contributed by atoms with Gasteiger partial charge in [-0.25, -0.2) is 13.1 Å². The molecular weight excluding hydrogens is 388 g/mol. The Morgan fingerprint density at radius 2 is 2.11 bits per heavy atom. The number of para-hydroxylation sites is 1. The number of hydrogen-bond acceptors (Lipinski definition) is 5. The summed E-state index contributed by atoms with van der Waals surface area (Å²) in [7, 11) is -3.09. The van der Waals surface area contributed by atoms with Crippen molar-refractivity contribution in [2.45, 2.75) is 39.2 Å². The molecule has 1 fully saturated rings. The highest BCUT2D eigenvalue weighted by atomic mass is 35.5. The molecule has 7 nitrogen and oxygen atoms in total. The van der Waals surface area contributed by atoms with Crippen molar-refractivity contribution < 1.29 is 13.2 Å². The second-order valence-corrected chi connectivity index (χ2v) is 9.43. The molecule has 1 aliphatic heterocycles. The van der Waals surface area contributed by atoms with Gasteiger partial charge in [0.25, 0.3) is 5.91 Å². The number of carbonyl (C=O) groups is 1. The molecule has 0 bridgehead atoms. The van der Waals surface area contributed by atoms with Crippen molar-refractivity contribution in [2.24, 2.45) is 0 Å². The highest BCUT2D eigenvalue weighted by Crippen LogP contribution is 2.24. The Kier molecular flexibility index (Phi) is 5.86. The first kappa shape index (κ1) is 19.8. The number of rotatable bonds is 6. The maximum Gasteiger partial charge on any atom is 0.276 e. The van der Waals surface area contributed by atoms with Gasteiger partial charge in [-0.05, 0) is 31.9 Å². The van der Waals surface area contributed by atoms with Crippen LogP contribution in [0.1, 0.15) is 42.4 Å². The average molecular weight is 411 g/mol. The van der Waals surface area contributed by atoms with Gasteiger partial charge in [-0.15, -0.1) is 5.10 Å². The molecule has 1 atom stereocenters. The summed E-state index contributed by atoms with van der Waals surface area (Å²) in [5.41, 5.74) is 1.46. The molecule has 0 radical (unpaired) electrons. The van der Waals surface area contributed by atoms with Gasteiger partial charge in [-0.1, -0.05) is 42.3 Å². The largest absolute Gasteiger partial charge is 0.333 e. The molecule has 0 aliphatic carbocycles. The molecule has 27 heavy (non-hydrogen) atoms. The van der Waals surface area contributed by atoms with E-state index in [9.17, 15) is 13.2 Å². The van der Waals surface area contributed by atoms with Crippen molar-refractivity contribution >= 4 is 27.3 Å². The summed E-state index contributed by atoms with van der Waals surface area (Å²) in [5, 5.41) is 8.69. The van der Waals surface area contributed by atoms with Crippen LogP contribution in [0.4, 0.5) is 0 Å². The van der Waals surface area contributed by atoms with E-state index >= 15 is 0 Å². The zero-order chi connectivity index (χ0) is 19.6. The molecule has 0 N–H and O–H groups in total. The molecular formula is C18H23ClN4O3S. The Balaban J connectivity index is 1.92. The third kappa shape index (κ3) is 4.16. The zero-order valence-electron chi connectivity index (χ0n) is 15.4. The molecule has 0 saturated carbocycles. The third-order valence-electron chi connectivity index (χ3n) is 4.84. The fraction of sp³-hybridized carbons (Fsp3) is 0.500. The molecule has 9 heteroatoms. The molecule has 1 amide bonds. The maximum atomic E-state index is 13.2. The first-order valence-electron chi connectivity index (χ1n) is 9.02. The van der Waals surface area contributed by atoms with Crippen LogP contribution in [0.15, 0.2) is 24.3 Å². The summed E-state index contributed by atoms with van der Waals surface area (Å²) in [6, 6.07) is 6.89. The van der Waals surface area contributed by atoms with Crippen LogP contribution in [-0.4, -0.2) is 58.3 Å². The number of unbranched alkanes of at least 4 members (excludes halogenated alkanes) is 1. The summed E-state index contributed by atoms with van der Waals surface area (Å²) in [6.07, 6.45) is 2.18. The Hall–Kier alpha value is -1.93. The number of hydrogen-bond donors (Lipinski definition) is 0. The van der Waals surface area contributed by atoms with E-state index in [0.717, 1.165) is 12.8 Å². The minimum Gasteiger partial charge on any atom is -0.333 e. The zero-order valence-corrected chi connectivity index (χ0v) is 17.0. The molecule has 1 saturated heterocycles. The summed E-state index contributed by atoms with van der Waals surface area (Å²) in [6.45, 7) is 4.31. The van der Waals surface area contributed by atoms with Crippen molar-refractivity contribution in [2.75, 3.05) is 18.1 Å². The van der Waals surface area contributed by atoms with Gasteiger partial charge >= 0.3 is 0 Å². The van der Waals surface area contributed by atoms with Crippen molar-refractivity contribution in [1.82, 2.24) is 19.9 Å². The van der Waals surface area contributed by atoms with E-state index in [4.69, 9.17) is 11.6 Å². The summed E-state index contributed by atoms with van der Waals surface area (Å²) >= 11 is 6.23. The Morgan fingerprint density at radius 1 is 1.37 bits per heavy atom. The first-order valence-corrected chi connectivity index (χ1v) is 11.2. The number of sulfone groups is 1. The first-order chi connectivity index (χ1) is 12.8. The molecule has 1 aromatic heterocycles. The van der Waals surface area contributed by atoms with Gasteiger partial charge in [-0.2, -0.15) is 0 Å². The normalized spacial score (nSPS) is 18.6. The third-order valence-corrected chi connectivity index (χ3v) is 6.91. The van der Waals surface area contributed by atoms with Gasteiger partial charge in [0.1, 0.15) is 0 Å². The molecule has 146 valence electrons. The van der Waals surface area contributed by atoms with Gasteiger partial charge in [0, 0.05) is 12.6 Å². The lowest BCUT2D eigenvalue weighted by atomic mass is 10.1. The lowest BCUT2D eigenvalue weighted by molar-refractivity contribution is 0.0687. The lowest BCUT2D eigenvalue weighted by Crippen LogP contribution is -2.42. The van der Waals surface area contributed by atoms with E-state index in [2.05, 4.69) is 10.3 Å². The second-order valence-electron chi connectivity index (χ2n) is 6.80. The van der Waals surface area contributed by atoms with Gasteiger partial charge in [0.15, 0.2) is 15.5 Å². The molecule has 2 heterocycles. The fourth-order valence-corrected chi connectivity index (χ4v) is 5.26. The van der Waals surface area contributed by atoms with Crippen molar-refractivity contribution in [1.29, 1.82) is 0 Å². The second kappa shape index (κ2) is 7.98. The Morgan fingerprint density at radius 3 is 2.74 bits per heavy atom. The van der Waals surface area contributed by atoms with Gasteiger partial charge < -0.3 is 4.90 Å². The van der Waals surface area contributed by atoms with Gasteiger partial charge in [-0.3, -0.25) is 4.79 Å². The van der Waals surface area contributed by atoms with Gasteiger partial charge in [0.2, 0.25) is 0 Å². The number of nitrogens with zero attached hydrogens (tertiary/aromatic N) is 4. The maximum absolute atomic E-state index is 13.2. The van der Waals surface area contributed by atoms with Crippen LogP contribution in [0.25, 0.3) is 5.69 Å². The molecule has 1 unspecified atom stereocenters. The fourth-order valence-electron chi connectivity index (χ4n) is 3.31. The van der Waals surface area contributed by atoms with E-state index in [-0.39, 0.29) is 29.1 Å². The van der Waals surface area contributed by atoms with Crippen LogP contribution in [0, 0.1) is 6.92 Å². The Labute approximate surface area is 164 Å². The minimum atomic E-state index is -3.09. The van der Waals surface area contributed by atoms with Crippen LogP contribution in [0.3, 0.4) is 0 Å². The quantitative estimate of drug-likeness (QED) is 0.730. The SMILES string of the molecule is CCCCN(C(=O)c1nnn(-c2ccccc2Cl)c1C)C1CCS(=O)(=O)C1. The number of amides is 1. The topological polar surface area (TPSA) is 85.2 Å². The van der Waals surface area contributed by atoms with Crippen LogP contribution >= 0.6 is 11.6 Å². The van der Waals surface area contributed by atoms with Crippen LogP contribution in [-0.2, 0) is 9.84 Å². The average Bonchev–Trinajstić information content (AvgIpc) is 3.18. The number of aromatic nitrogens is 3. The molecule has 2 aromatic rings. The highest BCUT2D eigenvalue weighted by molar-refractivity contribution is 7.91. The van der Waals surface area contributed by atoms with E-state index in [1.54, 1.807) is 28.6 Å². The molecule has 1 aromatic carbocycles.